The second-order valence-electron chi connectivity index (χ2n) is 9.99. The Morgan fingerprint density at radius 3 is 1.72 bits per heavy atom. The molecule has 0 fully saturated rings. The van der Waals surface area contributed by atoms with Crippen molar-refractivity contribution in [1.29, 1.82) is 0 Å². The molecule has 0 spiro atoms. The number of carbonyl (C=O) groups excluding carboxylic acids is 3. The minimum Gasteiger partial charge on any atom is -0.356 e. The molecule has 0 saturated heterocycles. The molecule has 0 aliphatic carbocycles. The van der Waals surface area contributed by atoms with Gasteiger partial charge in [0.05, 0.1) is 0 Å². The average molecular weight is 508 g/mol. The van der Waals surface area contributed by atoms with Crippen molar-refractivity contribution in [1.82, 2.24) is 16.0 Å². The van der Waals surface area contributed by atoms with Crippen molar-refractivity contribution in [2.45, 2.75) is 149 Å². The minimum atomic E-state index is -0.647. The van der Waals surface area contributed by atoms with Crippen LogP contribution < -0.4 is 16.0 Å². The van der Waals surface area contributed by atoms with E-state index in [1.165, 1.54) is 57.8 Å². The van der Waals surface area contributed by atoms with E-state index in [1.54, 1.807) is 0 Å². The molecular formula is C30H57N3O3. The molecule has 3 N–H and O–H groups in total. The first kappa shape index (κ1) is 34.1. The number of rotatable bonds is 25. The van der Waals surface area contributed by atoms with Gasteiger partial charge in [0, 0.05) is 25.9 Å². The number of allylic oxidation sites excluding steroid dienone is 2. The minimum absolute atomic E-state index is 0.0634. The van der Waals surface area contributed by atoms with Crippen LogP contribution in [0.4, 0.5) is 0 Å². The Balaban J connectivity index is 4.06. The van der Waals surface area contributed by atoms with Gasteiger partial charge in [0.25, 0.3) is 0 Å². The summed E-state index contributed by atoms with van der Waals surface area (Å²) in [4.78, 5) is 37.1. The normalized spacial score (nSPS) is 12.0. The first-order chi connectivity index (χ1) is 17.5. The van der Waals surface area contributed by atoms with Crippen molar-refractivity contribution in [2.75, 3.05) is 13.1 Å². The van der Waals surface area contributed by atoms with E-state index >= 15 is 0 Å². The first-order valence-corrected chi connectivity index (χ1v) is 15.0. The van der Waals surface area contributed by atoms with Crippen LogP contribution in [0.15, 0.2) is 12.2 Å². The molecule has 0 aromatic rings. The molecular weight excluding hydrogens is 450 g/mol. The van der Waals surface area contributed by atoms with E-state index in [-0.39, 0.29) is 24.1 Å². The summed E-state index contributed by atoms with van der Waals surface area (Å²) in [6.07, 6.45) is 24.0. The highest BCUT2D eigenvalue weighted by Gasteiger charge is 2.21. The monoisotopic (exact) mass is 507 g/mol. The fourth-order valence-electron chi connectivity index (χ4n) is 3.99. The summed E-state index contributed by atoms with van der Waals surface area (Å²) in [5.41, 5.74) is 0. The van der Waals surface area contributed by atoms with Crippen LogP contribution in [0, 0.1) is 0 Å². The number of unbranched alkanes of at least 4 members (excludes halogenated alkanes) is 12. The van der Waals surface area contributed by atoms with Crippen molar-refractivity contribution in [3.8, 4) is 0 Å². The quantitative estimate of drug-likeness (QED) is 0.0945. The lowest BCUT2D eigenvalue weighted by atomic mass is 10.1. The van der Waals surface area contributed by atoms with E-state index in [0.29, 0.717) is 25.9 Å². The van der Waals surface area contributed by atoms with Gasteiger partial charge >= 0.3 is 0 Å². The van der Waals surface area contributed by atoms with Crippen LogP contribution in [0.5, 0.6) is 0 Å². The molecule has 0 bridgehead atoms. The fourth-order valence-corrected chi connectivity index (χ4v) is 3.99. The Hall–Kier alpha value is -1.85. The van der Waals surface area contributed by atoms with E-state index in [4.69, 9.17) is 0 Å². The maximum Gasteiger partial charge on any atom is 0.242 e. The molecule has 0 aliphatic rings. The molecule has 0 rings (SSSR count). The smallest absolute Gasteiger partial charge is 0.242 e. The van der Waals surface area contributed by atoms with Gasteiger partial charge in [0.15, 0.2) is 0 Å². The zero-order valence-electron chi connectivity index (χ0n) is 23.8. The van der Waals surface area contributed by atoms with Gasteiger partial charge in [-0.1, -0.05) is 90.7 Å². The molecule has 0 heterocycles. The van der Waals surface area contributed by atoms with Crippen LogP contribution in [0.3, 0.4) is 0 Å². The van der Waals surface area contributed by atoms with Crippen LogP contribution in [0.2, 0.25) is 0 Å². The molecule has 6 nitrogen and oxygen atoms in total. The van der Waals surface area contributed by atoms with Crippen LogP contribution >= 0.6 is 0 Å². The topological polar surface area (TPSA) is 87.3 Å². The Kier molecular flexibility index (Phi) is 24.9. The average Bonchev–Trinajstić information content (AvgIpc) is 2.87. The second kappa shape index (κ2) is 26.2. The van der Waals surface area contributed by atoms with Gasteiger partial charge in [-0.05, 0) is 51.4 Å². The predicted octanol–water partition coefficient (Wildman–Crippen LogP) is 6.73. The zero-order valence-corrected chi connectivity index (χ0v) is 23.8. The molecule has 6 heteroatoms. The summed E-state index contributed by atoms with van der Waals surface area (Å²) >= 11 is 0. The van der Waals surface area contributed by atoms with Gasteiger partial charge in [-0.15, -0.1) is 0 Å². The van der Waals surface area contributed by atoms with Crippen molar-refractivity contribution >= 4 is 17.7 Å². The Morgan fingerprint density at radius 1 is 0.583 bits per heavy atom. The van der Waals surface area contributed by atoms with Crippen LogP contribution in [-0.2, 0) is 14.4 Å². The Morgan fingerprint density at radius 2 is 1.11 bits per heavy atom. The highest BCUT2D eigenvalue weighted by Crippen LogP contribution is 2.10. The molecule has 3 amide bonds. The second-order valence-corrected chi connectivity index (χ2v) is 9.99. The van der Waals surface area contributed by atoms with Crippen molar-refractivity contribution in [3.63, 3.8) is 0 Å². The summed E-state index contributed by atoms with van der Waals surface area (Å²) < 4.78 is 0. The molecule has 0 saturated carbocycles. The highest BCUT2D eigenvalue weighted by molar-refractivity contribution is 5.88. The molecule has 1 atom stereocenters. The number of hydrogen-bond acceptors (Lipinski definition) is 3. The van der Waals surface area contributed by atoms with Crippen LogP contribution in [0.25, 0.3) is 0 Å². The summed E-state index contributed by atoms with van der Waals surface area (Å²) in [6.45, 7) is 7.65. The summed E-state index contributed by atoms with van der Waals surface area (Å²) in [6, 6.07) is -0.647. The van der Waals surface area contributed by atoms with Gasteiger partial charge < -0.3 is 16.0 Å². The standard InChI is InChI=1S/C30H57N3O3/c1-4-7-10-11-12-13-14-15-16-17-18-19-20-21-22-29(35)33-27(30(36)32-26-9-6-3)23-24-28(34)31-25-8-5-2/h13-14,27H,4-12,15-26H2,1-3H3,(H,31,34)(H,32,36)(H,33,35)/b14-13+/t27-/m0/s1. The zero-order chi connectivity index (χ0) is 26.7. The lowest BCUT2D eigenvalue weighted by Gasteiger charge is -2.18. The van der Waals surface area contributed by atoms with Gasteiger partial charge in [-0.2, -0.15) is 0 Å². The summed E-state index contributed by atoms with van der Waals surface area (Å²) in [5, 5.41) is 8.65. The van der Waals surface area contributed by atoms with E-state index in [2.05, 4.69) is 48.9 Å². The number of carbonyl (C=O) groups is 3. The third kappa shape index (κ3) is 22.6. The summed E-state index contributed by atoms with van der Waals surface area (Å²) in [7, 11) is 0. The van der Waals surface area contributed by atoms with Crippen molar-refractivity contribution in [2.24, 2.45) is 0 Å². The Bertz CT molecular complexity index is 578. The fraction of sp³-hybridized carbons (Fsp3) is 0.833. The Labute approximate surface area is 222 Å². The maximum absolute atomic E-state index is 12.6. The third-order valence-electron chi connectivity index (χ3n) is 6.41. The number of hydrogen-bond donors (Lipinski definition) is 3. The molecule has 0 aliphatic heterocycles. The van der Waals surface area contributed by atoms with Gasteiger partial charge in [-0.25, -0.2) is 0 Å². The maximum atomic E-state index is 12.6. The largest absolute Gasteiger partial charge is 0.356 e. The van der Waals surface area contributed by atoms with E-state index < -0.39 is 6.04 Å². The number of amides is 3. The van der Waals surface area contributed by atoms with Gasteiger partial charge in [0.2, 0.25) is 17.7 Å². The molecule has 0 radical (unpaired) electrons. The first-order valence-electron chi connectivity index (χ1n) is 15.0. The predicted molar refractivity (Wildman–Crippen MR) is 152 cm³/mol. The SMILES string of the molecule is CCCCCC/C=C/CCCCCCCCC(=O)N[C@@H](CCC(=O)NCCCC)C(=O)NCCCC. The summed E-state index contributed by atoms with van der Waals surface area (Å²) in [5.74, 6) is -0.346. The van der Waals surface area contributed by atoms with Crippen LogP contribution in [-0.4, -0.2) is 36.9 Å². The number of nitrogens with one attached hydrogen (secondary N) is 3. The van der Waals surface area contributed by atoms with Crippen molar-refractivity contribution in [3.05, 3.63) is 12.2 Å². The molecule has 0 aromatic carbocycles. The van der Waals surface area contributed by atoms with E-state index in [9.17, 15) is 14.4 Å². The van der Waals surface area contributed by atoms with Crippen LogP contribution in [0.1, 0.15) is 143 Å². The lowest BCUT2D eigenvalue weighted by molar-refractivity contribution is -0.129. The molecule has 0 unspecified atom stereocenters. The van der Waals surface area contributed by atoms with Crippen molar-refractivity contribution < 1.29 is 14.4 Å². The van der Waals surface area contributed by atoms with E-state index in [0.717, 1.165) is 44.9 Å². The molecule has 210 valence electrons. The molecule has 0 aromatic heterocycles. The molecule has 36 heavy (non-hydrogen) atoms. The third-order valence-corrected chi connectivity index (χ3v) is 6.41. The lowest BCUT2D eigenvalue weighted by Crippen LogP contribution is -2.47. The van der Waals surface area contributed by atoms with Gasteiger partial charge in [0.1, 0.15) is 6.04 Å². The van der Waals surface area contributed by atoms with E-state index in [1.807, 2.05) is 0 Å². The van der Waals surface area contributed by atoms with Gasteiger partial charge in [-0.3, -0.25) is 14.4 Å². The highest BCUT2D eigenvalue weighted by atomic mass is 16.2.